The molecule has 0 amide bonds. The summed E-state index contributed by atoms with van der Waals surface area (Å²) in [5, 5.41) is 0. The first-order valence-electron chi connectivity index (χ1n) is 5.98. The molecule has 1 aromatic carbocycles. The van der Waals surface area contributed by atoms with Crippen LogP contribution in [-0.2, 0) is 6.42 Å². The highest BCUT2D eigenvalue weighted by Gasteiger charge is 2.18. The van der Waals surface area contributed by atoms with Gasteiger partial charge in [-0.2, -0.15) is 0 Å². The van der Waals surface area contributed by atoms with Crippen LogP contribution in [0.4, 0.5) is 0 Å². The molecule has 2 heterocycles. The maximum atomic E-state index is 5.80. The van der Waals surface area contributed by atoms with Crippen molar-refractivity contribution in [2.24, 2.45) is 0 Å². The fourth-order valence-electron chi connectivity index (χ4n) is 2.16. The molecule has 0 radical (unpaired) electrons. The van der Waals surface area contributed by atoms with Gasteiger partial charge >= 0.3 is 0 Å². The van der Waals surface area contributed by atoms with Gasteiger partial charge in [-0.05, 0) is 29.2 Å². The van der Waals surface area contributed by atoms with Crippen LogP contribution in [0.5, 0.6) is 11.6 Å². The van der Waals surface area contributed by atoms with Gasteiger partial charge in [-0.3, -0.25) is 0 Å². The number of aromatic nitrogens is 1. The van der Waals surface area contributed by atoms with Crippen molar-refractivity contribution in [3.05, 3.63) is 53.2 Å². The molecule has 2 nitrogen and oxygen atoms in total. The zero-order valence-electron chi connectivity index (χ0n) is 10.1. The molecular weight excluding hydrogens is 210 g/mol. The lowest BCUT2D eigenvalue weighted by atomic mass is 9.96. The quantitative estimate of drug-likeness (QED) is 0.626. The van der Waals surface area contributed by atoms with Gasteiger partial charge in [-0.1, -0.05) is 32.0 Å². The molecule has 1 aliphatic rings. The van der Waals surface area contributed by atoms with Crippen LogP contribution < -0.4 is 4.74 Å². The molecule has 0 unspecified atom stereocenters. The smallest absolute Gasteiger partial charge is 0.222 e. The minimum absolute atomic E-state index is 0.551. The van der Waals surface area contributed by atoms with Crippen LogP contribution in [0.25, 0.3) is 0 Å². The topological polar surface area (TPSA) is 22.1 Å². The Kier molecular flexibility index (Phi) is 2.36. The van der Waals surface area contributed by atoms with Gasteiger partial charge in [0.15, 0.2) is 0 Å². The fraction of sp³-hybridized carbons (Fsp3) is 0.267. The molecular formula is C15H15NO. The summed E-state index contributed by atoms with van der Waals surface area (Å²) in [6, 6.07) is 10.5. The van der Waals surface area contributed by atoms with E-state index in [0.717, 1.165) is 18.1 Å². The van der Waals surface area contributed by atoms with Gasteiger partial charge in [0.1, 0.15) is 5.75 Å². The number of fused-ring (bicyclic) bond motifs is 2. The zero-order valence-corrected chi connectivity index (χ0v) is 10.1. The van der Waals surface area contributed by atoms with Crippen molar-refractivity contribution >= 4 is 0 Å². The van der Waals surface area contributed by atoms with E-state index in [1.807, 2.05) is 6.07 Å². The highest BCUT2D eigenvalue weighted by molar-refractivity contribution is 5.48. The molecule has 0 bridgehead atoms. The second-order valence-corrected chi connectivity index (χ2v) is 4.77. The van der Waals surface area contributed by atoms with Crippen molar-refractivity contribution in [3.63, 3.8) is 0 Å². The van der Waals surface area contributed by atoms with E-state index < -0.39 is 0 Å². The van der Waals surface area contributed by atoms with Gasteiger partial charge in [0.05, 0.1) is 0 Å². The van der Waals surface area contributed by atoms with Crippen molar-refractivity contribution in [3.8, 4) is 11.6 Å². The largest absolute Gasteiger partial charge is 0.438 e. The summed E-state index contributed by atoms with van der Waals surface area (Å²) in [5.74, 6) is 2.24. The highest BCUT2D eigenvalue weighted by atomic mass is 16.5. The Morgan fingerprint density at radius 1 is 1.18 bits per heavy atom. The summed E-state index contributed by atoms with van der Waals surface area (Å²) < 4.78 is 5.80. The minimum Gasteiger partial charge on any atom is -0.438 e. The number of hydrogen-bond acceptors (Lipinski definition) is 2. The number of pyridine rings is 1. The third-order valence-corrected chi connectivity index (χ3v) is 3.19. The molecule has 2 heteroatoms. The molecule has 2 aromatic rings. The van der Waals surface area contributed by atoms with Crippen molar-refractivity contribution in [2.75, 3.05) is 0 Å². The third-order valence-electron chi connectivity index (χ3n) is 3.19. The van der Waals surface area contributed by atoms with E-state index in [9.17, 15) is 0 Å². The van der Waals surface area contributed by atoms with E-state index in [0.29, 0.717) is 5.92 Å². The molecule has 0 saturated carbocycles. The lowest BCUT2D eigenvalue weighted by Crippen LogP contribution is -2.05. The average Bonchev–Trinajstić information content (AvgIpc) is 2.35. The van der Waals surface area contributed by atoms with E-state index in [-0.39, 0.29) is 0 Å². The molecule has 3 rings (SSSR count). The SMILES string of the molecule is CC(C)c1ccc2c(c1)Cc1cccnc1O2. The monoisotopic (exact) mass is 225 g/mol. The molecule has 1 aliphatic heterocycles. The van der Waals surface area contributed by atoms with Crippen LogP contribution in [0.2, 0.25) is 0 Å². The van der Waals surface area contributed by atoms with Crippen LogP contribution >= 0.6 is 0 Å². The Labute approximate surface area is 101 Å². The van der Waals surface area contributed by atoms with Gasteiger partial charge < -0.3 is 4.74 Å². The summed E-state index contributed by atoms with van der Waals surface area (Å²) in [6.07, 6.45) is 2.69. The first-order chi connectivity index (χ1) is 8.24. The van der Waals surface area contributed by atoms with Crippen molar-refractivity contribution in [1.82, 2.24) is 4.98 Å². The Morgan fingerprint density at radius 3 is 2.88 bits per heavy atom. The number of ether oxygens (including phenoxy) is 1. The summed E-state index contributed by atoms with van der Waals surface area (Å²) in [7, 11) is 0. The van der Waals surface area contributed by atoms with Gasteiger partial charge in [0, 0.05) is 18.2 Å². The summed E-state index contributed by atoms with van der Waals surface area (Å²) in [6.45, 7) is 4.42. The van der Waals surface area contributed by atoms with Crippen LogP contribution in [0.1, 0.15) is 36.5 Å². The van der Waals surface area contributed by atoms with Crippen LogP contribution in [0.3, 0.4) is 0 Å². The minimum atomic E-state index is 0.551. The number of benzene rings is 1. The van der Waals surface area contributed by atoms with E-state index in [2.05, 4.69) is 43.1 Å². The molecule has 0 N–H and O–H groups in total. The fourth-order valence-corrected chi connectivity index (χ4v) is 2.16. The zero-order chi connectivity index (χ0) is 11.8. The lowest BCUT2D eigenvalue weighted by molar-refractivity contribution is 0.440. The van der Waals surface area contributed by atoms with Crippen molar-refractivity contribution in [1.29, 1.82) is 0 Å². The van der Waals surface area contributed by atoms with E-state index >= 15 is 0 Å². The highest BCUT2D eigenvalue weighted by Crippen LogP contribution is 2.36. The first-order valence-corrected chi connectivity index (χ1v) is 5.98. The van der Waals surface area contributed by atoms with E-state index in [1.165, 1.54) is 16.7 Å². The molecule has 0 fully saturated rings. The molecule has 0 aliphatic carbocycles. The van der Waals surface area contributed by atoms with E-state index in [1.54, 1.807) is 6.20 Å². The van der Waals surface area contributed by atoms with Gasteiger partial charge in [-0.25, -0.2) is 4.98 Å². The number of rotatable bonds is 1. The predicted octanol–water partition coefficient (Wildman–Crippen LogP) is 3.90. The Hall–Kier alpha value is -1.83. The van der Waals surface area contributed by atoms with Crippen molar-refractivity contribution in [2.45, 2.75) is 26.2 Å². The molecule has 0 saturated heterocycles. The summed E-state index contributed by atoms with van der Waals surface area (Å²) >= 11 is 0. The average molecular weight is 225 g/mol. The van der Waals surface area contributed by atoms with Gasteiger partial charge in [0.2, 0.25) is 5.88 Å². The Bertz CT molecular complexity index is 561. The van der Waals surface area contributed by atoms with Crippen molar-refractivity contribution < 1.29 is 4.74 Å². The van der Waals surface area contributed by atoms with Gasteiger partial charge in [0.25, 0.3) is 0 Å². The molecule has 86 valence electrons. The maximum absolute atomic E-state index is 5.80. The Balaban J connectivity index is 2.03. The first kappa shape index (κ1) is 10.3. The maximum Gasteiger partial charge on any atom is 0.222 e. The van der Waals surface area contributed by atoms with Crippen LogP contribution in [-0.4, -0.2) is 4.98 Å². The third kappa shape index (κ3) is 1.80. The second-order valence-electron chi connectivity index (χ2n) is 4.77. The summed E-state index contributed by atoms with van der Waals surface area (Å²) in [4.78, 5) is 4.25. The Morgan fingerprint density at radius 2 is 2.06 bits per heavy atom. The standard InChI is InChI=1S/C15H15NO/c1-10(2)11-5-6-14-13(8-11)9-12-4-3-7-16-15(12)17-14/h3-8,10H,9H2,1-2H3. The van der Waals surface area contributed by atoms with Crippen LogP contribution in [0, 0.1) is 0 Å². The number of nitrogens with zero attached hydrogens (tertiary/aromatic N) is 1. The van der Waals surface area contributed by atoms with Gasteiger partial charge in [-0.15, -0.1) is 0 Å². The molecule has 0 atom stereocenters. The molecule has 1 aromatic heterocycles. The summed E-state index contributed by atoms with van der Waals surface area (Å²) in [5.41, 5.74) is 3.79. The van der Waals surface area contributed by atoms with E-state index in [4.69, 9.17) is 4.74 Å². The second kappa shape index (κ2) is 3.88. The van der Waals surface area contributed by atoms with Crippen LogP contribution in [0.15, 0.2) is 36.5 Å². The lowest BCUT2D eigenvalue weighted by Gasteiger charge is -2.20. The normalized spacial score (nSPS) is 12.9. The molecule has 17 heavy (non-hydrogen) atoms. The molecule has 0 spiro atoms. The predicted molar refractivity (Wildman–Crippen MR) is 67.6 cm³/mol. The number of hydrogen-bond donors (Lipinski definition) is 0.